The van der Waals surface area contributed by atoms with Crippen molar-refractivity contribution in [3.8, 4) is 11.5 Å². The second kappa shape index (κ2) is 5.92. The van der Waals surface area contributed by atoms with Crippen LogP contribution in [0, 0.1) is 0 Å². The summed E-state index contributed by atoms with van der Waals surface area (Å²) in [4.78, 5) is 0. The van der Waals surface area contributed by atoms with Crippen molar-refractivity contribution in [3.63, 3.8) is 0 Å². The van der Waals surface area contributed by atoms with Crippen molar-refractivity contribution in [3.05, 3.63) is 23.8 Å². The highest BCUT2D eigenvalue weighted by atomic mass is 16.5. The number of benzene rings is 1. The summed E-state index contributed by atoms with van der Waals surface area (Å²) < 4.78 is 5.09. The fourth-order valence-corrected chi connectivity index (χ4v) is 1.92. The summed E-state index contributed by atoms with van der Waals surface area (Å²) in [7, 11) is 1.56. The summed E-state index contributed by atoms with van der Waals surface area (Å²) in [6.07, 6.45) is 2.25. The molecule has 0 unspecified atom stereocenters. The summed E-state index contributed by atoms with van der Waals surface area (Å²) in [5.41, 5.74) is 0.957. The molecule has 0 fully saturated rings. The van der Waals surface area contributed by atoms with Crippen LogP contribution in [0.15, 0.2) is 18.2 Å². The maximum absolute atomic E-state index is 9.95. The molecule has 0 aliphatic rings. The van der Waals surface area contributed by atoms with Crippen molar-refractivity contribution >= 4 is 0 Å². The lowest BCUT2D eigenvalue weighted by Gasteiger charge is -2.26. The third kappa shape index (κ3) is 3.93. The number of nitrogens with one attached hydrogen (secondary N) is 1. The van der Waals surface area contributed by atoms with Crippen LogP contribution in [0.3, 0.4) is 0 Å². The molecular formula is C14H23NO2. The number of phenolic OH excluding ortho intramolecular Hbond substituents is 1. The average molecular weight is 237 g/mol. The smallest absolute Gasteiger partial charge is 0.162 e. The first-order valence-electron chi connectivity index (χ1n) is 6.10. The topological polar surface area (TPSA) is 41.5 Å². The maximum Gasteiger partial charge on any atom is 0.162 e. The third-order valence-electron chi connectivity index (χ3n) is 2.93. The van der Waals surface area contributed by atoms with Gasteiger partial charge in [-0.3, -0.25) is 0 Å². The molecule has 1 aromatic rings. The van der Waals surface area contributed by atoms with E-state index in [1.165, 1.54) is 0 Å². The Hall–Kier alpha value is -1.22. The van der Waals surface area contributed by atoms with Gasteiger partial charge in [-0.1, -0.05) is 25.5 Å². The van der Waals surface area contributed by atoms with Crippen molar-refractivity contribution < 1.29 is 9.84 Å². The maximum atomic E-state index is 9.95. The van der Waals surface area contributed by atoms with Gasteiger partial charge in [0.05, 0.1) is 7.11 Å². The summed E-state index contributed by atoms with van der Waals surface area (Å²) in [5, 5.41) is 13.4. The fourth-order valence-electron chi connectivity index (χ4n) is 1.92. The van der Waals surface area contributed by atoms with E-state index in [-0.39, 0.29) is 11.3 Å². The first kappa shape index (κ1) is 13.8. The van der Waals surface area contributed by atoms with Gasteiger partial charge in [0.2, 0.25) is 0 Å². The van der Waals surface area contributed by atoms with Gasteiger partial charge in [-0.05, 0) is 26.3 Å². The van der Waals surface area contributed by atoms with Gasteiger partial charge in [0, 0.05) is 17.6 Å². The molecule has 0 amide bonds. The molecule has 0 heterocycles. The van der Waals surface area contributed by atoms with Crippen LogP contribution in [0.25, 0.3) is 0 Å². The Bertz CT molecular complexity index is 361. The normalized spacial score (nSPS) is 11.5. The van der Waals surface area contributed by atoms with Crippen molar-refractivity contribution in [2.45, 2.75) is 45.7 Å². The molecule has 0 saturated carbocycles. The minimum Gasteiger partial charge on any atom is -0.504 e. The third-order valence-corrected chi connectivity index (χ3v) is 2.93. The Labute approximate surface area is 104 Å². The number of aromatic hydroxyl groups is 1. The minimum atomic E-state index is 0.0876. The molecule has 3 heteroatoms. The van der Waals surface area contributed by atoms with Crippen LogP contribution in [0.5, 0.6) is 11.5 Å². The molecule has 1 rings (SSSR count). The molecule has 2 N–H and O–H groups in total. The number of hydrogen-bond acceptors (Lipinski definition) is 3. The van der Waals surface area contributed by atoms with Crippen LogP contribution in [0.4, 0.5) is 0 Å². The van der Waals surface area contributed by atoms with E-state index >= 15 is 0 Å². The molecule has 0 saturated heterocycles. The van der Waals surface area contributed by atoms with E-state index in [1.54, 1.807) is 13.2 Å². The number of rotatable bonds is 6. The predicted octanol–water partition coefficient (Wildman–Crippen LogP) is 3.07. The minimum absolute atomic E-state index is 0.0876. The molecule has 0 aliphatic carbocycles. The Morgan fingerprint density at radius 1 is 1.35 bits per heavy atom. The summed E-state index contributed by atoms with van der Waals surface area (Å²) >= 11 is 0. The number of hydrogen-bond donors (Lipinski definition) is 2. The zero-order valence-electron chi connectivity index (χ0n) is 11.2. The van der Waals surface area contributed by atoms with Gasteiger partial charge < -0.3 is 15.2 Å². The molecule has 0 spiro atoms. The highest BCUT2D eigenvalue weighted by molar-refractivity contribution is 5.45. The van der Waals surface area contributed by atoms with E-state index in [0.717, 1.165) is 18.4 Å². The summed E-state index contributed by atoms with van der Waals surface area (Å²) in [6, 6.07) is 5.56. The molecule has 0 atom stereocenters. The van der Waals surface area contributed by atoms with Crippen LogP contribution in [-0.2, 0) is 6.54 Å². The number of para-hydroxylation sites is 1. The van der Waals surface area contributed by atoms with Gasteiger partial charge in [0.1, 0.15) is 0 Å². The second-order valence-electron chi connectivity index (χ2n) is 4.96. The van der Waals surface area contributed by atoms with Gasteiger partial charge >= 0.3 is 0 Å². The molecule has 0 bridgehead atoms. The first-order chi connectivity index (χ1) is 8.00. The van der Waals surface area contributed by atoms with Gasteiger partial charge in [0.25, 0.3) is 0 Å². The molecule has 96 valence electrons. The first-order valence-corrected chi connectivity index (χ1v) is 6.10. The van der Waals surface area contributed by atoms with Gasteiger partial charge in [-0.25, -0.2) is 0 Å². The Morgan fingerprint density at radius 3 is 2.65 bits per heavy atom. The molecule has 0 radical (unpaired) electrons. The largest absolute Gasteiger partial charge is 0.504 e. The average Bonchev–Trinajstić information content (AvgIpc) is 2.28. The SMILES string of the molecule is CCCC(C)(C)NCc1cccc(OC)c1O. The van der Waals surface area contributed by atoms with Crippen molar-refractivity contribution in [1.29, 1.82) is 0 Å². The standard InChI is InChI=1S/C14H23NO2/c1-5-9-14(2,3)15-10-11-7-6-8-12(17-4)13(11)16/h6-8,15-16H,5,9-10H2,1-4H3. The molecule has 1 aromatic carbocycles. The highest BCUT2D eigenvalue weighted by Crippen LogP contribution is 2.29. The predicted molar refractivity (Wildman–Crippen MR) is 70.5 cm³/mol. The van der Waals surface area contributed by atoms with Crippen molar-refractivity contribution in [2.24, 2.45) is 0 Å². The number of methoxy groups -OCH3 is 1. The van der Waals surface area contributed by atoms with Gasteiger partial charge in [-0.15, -0.1) is 0 Å². The molecule has 0 aliphatic heterocycles. The monoisotopic (exact) mass is 237 g/mol. The Balaban J connectivity index is 2.69. The molecular weight excluding hydrogens is 214 g/mol. The van der Waals surface area contributed by atoms with E-state index in [0.29, 0.717) is 12.3 Å². The lowest BCUT2D eigenvalue weighted by Crippen LogP contribution is -2.38. The zero-order chi connectivity index (χ0) is 12.9. The van der Waals surface area contributed by atoms with Crippen LogP contribution >= 0.6 is 0 Å². The van der Waals surface area contributed by atoms with E-state index in [4.69, 9.17) is 4.74 Å². The zero-order valence-corrected chi connectivity index (χ0v) is 11.2. The quantitative estimate of drug-likeness (QED) is 0.799. The van der Waals surface area contributed by atoms with Gasteiger partial charge in [-0.2, -0.15) is 0 Å². The van der Waals surface area contributed by atoms with Crippen LogP contribution in [0.2, 0.25) is 0 Å². The van der Waals surface area contributed by atoms with Crippen LogP contribution < -0.4 is 10.1 Å². The van der Waals surface area contributed by atoms with E-state index in [2.05, 4.69) is 26.1 Å². The number of phenols is 1. The van der Waals surface area contributed by atoms with Crippen molar-refractivity contribution in [1.82, 2.24) is 5.32 Å². The van der Waals surface area contributed by atoms with Crippen molar-refractivity contribution in [2.75, 3.05) is 7.11 Å². The number of ether oxygens (including phenoxy) is 1. The second-order valence-corrected chi connectivity index (χ2v) is 4.96. The van der Waals surface area contributed by atoms with E-state index in [9.17, 15) is 5.11 Å². The molecule has 0 aromatic heterocycles. The fraction of sp³-hybridized carbons (Fsp3) is 0.571. The van der Waals surface area contributed by atoms with Crippen LogP contribution in [0.1, 0.15) is 39.2 Å². The highest BCUT2D eigenvalue weighted by Gasteiger charge is 2.16. The summed E-state index contributed by atoms with van der Waals surface area (Å²) in [6.45, 7) is 7.17. The van der Waals surface area contributed by atoms with E-state index in [1.807, 2.05) is 12.1 Å². The Kier molecular flexibility index (Phi) is 4.82. The molecule has 17 heavy (non-hydrogen) atoms. The lowest BCUT2D eigenvalue weighted by molar-refractivity contribution is 0.345. The van der Waals surface area contributed by atoms with Gasteiger partial charge in [0.15, 0.2) is 11.5 Å². The Morgan fingerprint density at radius 2 is 2.06 bits per heavy atom. The molecule has 3 nitrogen and oxygen atoms in total. The lowest BCUT2D eigenvalue weighted by atomic mass is 9.98. The summed E-state index contributed by atoms with van der Waals surface area (Å²) in [5.74, 6) is 0.757. The van der Waals surface area contributed by atoms with Crippen LogP contribution in [-0.4, -0.2) is 17.8 Å². The van der Waals surface area contributed by atoms with E-state index < -0.39 is 0 Å².